The summed E-state index contributed by atoms with van der Waals surface area (Å²) in [4.78, 5) is 11.6. The lowest BCUT2D eigenvalue weighted by Gasteiger charge is -2.16. The number of nitrogens with one attached hydrogen (secondary N) is 2. The van der Waals surface area contributed by atoms with Crippen LogP contribution in [0, 0.1) is 11.3 Å². The third-order valence-corrected chi connectivity index (χ3v) is 2.63. The fraction of sp³-hybridized carbons (Fsp3) is 0.273. The summed E-state index contributed by atoms with van der Waals surface area (Å²) in [7, 11) is 0. The first-order valence-corrected chi connectivity index (χ1v) is 4.99. The van der Waals surface area contributed by atoms with Gasteiger partial charge in [0.15, 0.2) is 0 Å². The summed E-state index contributed by atoms with van der Waals surface area (Å²) >= 11 is 0. The normalized spacial score (nSPS) is 23.4. The summed E-state index contributed by atoms with van der Waals surface area (Å²) in [6, 6.07) is 6.33. The van der Waals surface area contributed by atoms with Crippen molar-refractivity contribution in [2.75, 3.05) is 10.6 Å². The Bertz CT molecular complexity index is 477. The highest BCUT2D eigenvalue weighted by Gasteiger charge is 2.25. The Kier molecular flexibility index (Phi) is 2.50. The van der Waals surface area contributed by atoms with Crippen LogP contribution in [0.2, 0.25) is 0 Å². The average molecular weight is 216 g/mol. The lowest BCUT2D eigenvalue weighted by atomic mass is 10.1. The van der Waals surface area contributed by atoms with Crippen molar-refractivity contribution in [2.45, 2.75) is 19.0 Å². The van der Waals surface area contributed by atoms with E-state index in [1.807, 2.05) is 6.92 Å². The Morgan fingerprint density at radius 2 is 2.19 bits per heavy atom. The summed E-state index contributed by atoms with van der Waals surface area (Å²) in [6.07, 6.45) is 0. The van der Waals surface area contributed by atoms with Gasteiger partial charge in [-0.1, -0.05) is 0 Å². The molecule has 2 atom stereocenters. The highest BCUT2D eigenvalue weighted by Crippen LogP contribution is 2.26. The minimum absolute atomic E-state index is 0.171. The molecule has 82 valence electrons. The van der Waals surface area contributed by atoms with E-state index in [0.29, 0.717) is 11.3 Å². The maximum absolute atomic E-state index is 11.6. The molecule has 1 heterocycles. The molecular weight excluding hydrogens is 204 g/mol. The Balaban J connectivity index is 2.44. The maximum Gasteiger partial charge on any atom is 0.243 e. The predicted molar refractivity (Wildman–Crippen MR) is 60.8 cm³/mol. The molecule has 0 unspecified atom stereocenters. The molecule has 0 radical (unpaired) electrons. The number of nitriles is 1. The van der Waals surface area contributed by atoms with E-state index >= 15 is 0 Å². The van der Waals surface area contributed by atoms with Crippen molar-refractivity contribution < 1.29 is 4.79 Å². The second-order valence-corrected chi connectivity index (χ2v) is 3.82. The number of fused-ring (bicyclic) bond motifs is 1. The molecule has 5 heteroatoms. The molecule has 0 bridgehead atoms. The van der Waals surface area contributed by atoms with Crippen LogP contribution < -0.4 is 16.4 Å². The zero-order chi connectivity index (χ0) is 11.7. The SMILES string of the molecule is C[C@@H]1Nc2cc(C#N)ccc2NC(=O)[C@H]1N. The van der Waals surface area contributed by atoms with Gasteiger partial charge in [-0.2, -0.15) is 5.26 Å². The number of hydrogen-bond acceptors (Lipinski definition) is 4. The molecule has 0 fully saturated rings. The minimum atomic E-state index is -0.599. The first-order chi connectivity index (χ1) is 7.61. The van der Waals surface area contributed by atoms with Crippen LogP contribution in [0.25, 0.3) is 0 Å². The molecular formula is C11H12N4O. The largest absolute Gasteiger partial charge is 0.379 e. The van der Waals surface area contributed by atoms with Gasteiger partial charge in [0.25, 0.3) is 0 Å². The Morgan fingerprint density at radius 1 is 1.44 bits per heavy atom. The second kappa shape index (κ2) is 3.83. The van der Waals surface area contributed by atoms with Gasteiger partial charge in [-0.05, 0) is 25.1 Å². The number of carbonyl (C=O) groups is 1. The topological polar surface area (TPSA) is 90.9 Å². The molecule has 5 nitrogen and oxygen atoms in total. The predicted octanol–water partition coefficient (Wildman–Crippen LogP) is 0.638. The van der Waals surface area contributed by atoms with Gasteiger partial charge in [0, 0.05) is 6.04 Å². The van der Waals surface area contributed by atoms with E-state index in [2.05, 4.69) is 16.7 Å². The lowest BCUT2D eigenvalue weighted by molar-refractivity contribution is -0.117. The maximum atomic E-state index is 11.6. The standard InChI is InChI=1S/C11H12N4O/c1-6-10(13)11(16)15-8-3-2-7(5-12)4-9(8)14-6/h2-4,6,10,14H,13H2,1H3,(H,15,16)/t6-,10-/m0/s1. The second-order valence-electron chi connectivity index (χ2n) is 3.82. The van der Waals surface area contributed by atoms with Crippen LogP contribution in [-0.2, 0) is 4.79 Å². The third kappa shape index (κ3) is 1.71. The van der Waals surface area contributed by atoms with Crippen LogP contribution in [0.5, 0.6) is 0 Å². The van der Waals surface area contributed by atoms with Crippen LogP contribution in [0.1, 0.15) is 12.5 Å². The van der Waals surface area contributed by atoms with Gasteiger partial charge in [-0.3, -0.25) is 4.79 Å². The van der Waals surface area contributed by atoms with Crippen LogP contribution in [0.15, 0.2) is 18.2 Å². The van der Waals surface area contributed by atoms with Crippen molar-refractivity contribution in [3.63, 3.8) is 0 Å². The molecule has 0 aromatic heterocycles. The fourth-order valence-corrected chi connectivity index (χ4v) is 1.62. The van der Waals surface area contributed by atoms with E-state index < -0.39 is 6.04 Å². The molecule has 0 spiro atoms. The monoisotopic (exact) mass is 216 g/mol. The molecule has 0 saturated heterocycles. The number of rotatable bonds is 0. The number of benzene rings is 1. The molecule has 1 aliphatic heterocycles. The van der Waals surface area contributed by atoms with Crippen molar-refractivity contribution >= 4 is 17.3 Å². The third-order valence-electron chi connectivity index (χ3n) is 2.63. The van der Waals surface area contributed by atoms with Crippen LogP contribution in [0.4, 0.5) is 11.4 Å². The van der Waals surface area contributed by atoms with Gasteiger partial charge in [-0.25, -0.2) is 0 Å². The zero-order valence-electron chi connectivity index (χ0n) is 8.82. The van der Waals surface area contributed by atoms with Gasteiger partial charge in [0.1, 0.15) is 6.04 Å². The van der Waals surface area contributed by atoms with E-state index in [9.17, 15) is 4.79 Å². The van der Waals surface area contributed by atoms with Crippen molar-refractivity contribution in [1.82, 2.24) is 0 Å². The number of amides is 1. The molecule has 0 saturated carbocycles. The highest BCUT2D eigenvalue weighted by atomic mass is 16.2. The van der Waals surface area contributed by atoms with E-state index in [-0.39, 0.29) is 11.9 Å². The quantitative estimate of drug-likeness (QED) is 0.593. The molecule has 0 aliphatic carbocycles. The van der Waals surface area contributed by atoms with Crippen molar-refractivity contribution in [1.29, 1.82) is 5.26 Å². The Hall–Kier alpha value is -2.06. The summed E-state index contributed by atoms with van der Waals surface area (Å²) in [5.41, 5.74) is 7.66. The summed E-state index contributed by atoms with van der Waals surface area (Å²) in [5, 5.41) is 14.6. The molecule has 1 aromatic carbocycles. The van der Waals surface area contributed by atoms with Crippen LogP contribution >= 0.6 is 0 Å². The van der Waals surface area contributed by atoms with Crippen molar-refractivity contribution in [3.8, 4) is 6.07 Å². The van der Waals surface area contributed by atoms with Gasteiger partial charge in [0.05, 0.1) is 23.0 Å². The van der Waals surface area contributed by atoms with Crippen LogP contribution in [-0.4, -0.2) is 18.0 Å². The number of anilines is 2. The first kappa shape index (κ1) is 10.5. The fourth-order valence-electron chi connectivity index (χ4n) is 1.62. The molecule has 1 amide bonds. The minimum Gasteiger partial charge on any atom is -0.379 e. The molecule has 4 N–H and O–H groups in total. The molecule has 1 aliphatic rings. The van der Waals surface area contributed by atoms with E-state index in [1.165, 1.54) is 0 Å². The van der Waals surface area contributed by atoms with E-state index in [0.717, 1.165) is 5.69 Å². The molecule has 16 heavy (non-hydrogen) atoms. The smallest absolute Gasteiger partial charge is 0.243 e. The van der Waals surface area contributed by atoms with E-state index in [1.54, 1.807) is 18.2 Å². The van der Waals surface area contributed by atoms with Crippen molar-refractivity contribution in [2.24, 2.45) is 5.73 Å². The van der Waals surface area contributed by atoms with Gasteiger partial charge in [0.2, 0.25) is 5.91 Å². The number of nitrogens with zero attached hydrogens (tertiary/aromatic N) is 1. The molecule has 2 rings (SSSR count). The summed E-state index contributed by atoms with van der Waals surface area (Å²) in [5.74, 6) is -0.219. The van der Waals surface area contributed by atoms with Crippen LogP contribution in [0.3, 0.4) is 0 Å². The first-order valence-electron chi connectivity index (χ1n) is 4.99. The zero-order valence-corrected chi connectivity index (χ0v) is 8.82. The number of hydrogen-bond donors (Lipinski definition) is 3. The summed E-state index contributed by atoms with van der Waals surface area (Å²) in [6.45, 7) is 1.83. The molecule has 1 aromatic rings. The Morgan fingerprint density at radius 3 is 2.88 bits per heavy atom. The van der Waals surface area contributed by atoms with Gasteiger partial charge in [-0.15, -0.1) is 0 Å². The number of carbonyl (C=O) groups excluding carboxylic acids is 1. The van der Waals surface area contributed by atoms with Gasteiger partial charge >= 0.3 is 0 Å². The average Bonchev–Trinajstić information content (AvgIpc) is 2.38. The van der Waals surface area contributed by atoms with E-state index in [4.69, 9.17) is 11.0 Å². The Labute approximate surface area is 93.2 Å². The summed E-state index contributed by atoms with van der Waals surface area (Å²) < 4.78 is 0. The highest BCUT2D eigenvalue weighted by molar-refractivity contribution is 6.00. The van der Waals surface area contributed by atoms with Gasteiger partial charge < -0.3 is 16.4 Å². The number of nitrogens with two attached hydrogens (primary N) is 1. The lowest BCUT2D eigenvalue weighted by Crippen LogP contribution is -2.45. The van der Waals surface area contributed by atoms with Crippen molar-refractivity contribution in [3.05, 3.63) is 23.8 Å².